The van der Waals surface area contributed by atoms with Crippen molar-refractivity contribution in [1.29, 1.82) is 0 Å². The predicted molar refractivity (Wildman–Crippen MR) is 80.7 cm³/mol. The van der Waals surface area contributed by atoms with Crippen LogP contribution in [-0.2, 0) is 4.79 Å². The van der Waals surface area contributed by atoms with Gasteiger partial charge in [-0.15, -0.1) is 0 Å². The molecule has 0 saturated carbocycles. The molecule has 5 heteroatoms. The number of hydrogen-bond acceptors (Lipinski definition) is 4. The van der Waals surface area contributed by atoms with Crippen LogP contribution in [0, 0.1) is 6.92 Å². The number of rotatable bonds is 5. The maximum absolute atomic E-state index is 12.1. The summed E-state index contributed by atoms with van der Waals surface area (Å²) in [6.07, 6.45) is -0.624. The second kappa shape index (κ2) is 6.74. The molecule has 0 unspecified atom stereocenters. The van der Waals surface area contributed by atoms with Crippen LogP contribution < -0.4 is 14.8 Å². The molecule has 0 spiro atoms. The second-order valence-corrected chi connectivity index (χ2v) is 4.59. The maximum atomic E-state index is 12.1. The zero-order valence-corrected chi connectivity index (χ0v) is 12.3. The first-order valence-corrected chi connectivity index (χ1v) is 6.63. The summed E-state index contributed by atoms with van der Waals surface area (Å²) in [4.78, 5) is 16.3. The Morgan fingerprint density at radius 1 is 1.14 bits per heavy atom. The smallest absolute Gasteiger partial charge is 0.266 e. The standard InChI is InChI=1S/C16H18N2O3/c1-11-5-4-6-15(17-11)18-16(19)12(2)21-14-9-7-13(20-3)8-10-14/h4-10,12H,1-3H3,(H,17,18,19)/t12-/m1/s1. The van der Waals surface area contributed by atoms with Gasteiger partial charge in [-0.05, 0) is 50.2 Å². The molecule has 0 radical (unpaired) electrons. The van der Waals surface area contributed by atoms with Crippen LogP contribution in [0.4, 0.5) is 5.82 Å². The molecule has 1 aromatic heterocycles. The van der Waals surface area contributed by atoms with E-state index in [4.69, 9.17) is 9.47 Å². The fraction of sp³-hybridized carbons (Fsp3) is 0.250. The van der Waals surface area contributed by atoms with Crippen molar-refractivity contribution >= 4 is 11.7 Å². The van der Waals surface area contributed by atoms with Crippen molar-refractivity contribution in [3.05, 3.63) is 48.2 Å². The van der Waals surface area contributed by atoms with Gasteiger partial charge in [0.05, 0.1) is 7.11 Å². The number of anilines is 1. The van der Waals surface area contributed by atoms with Crippen molar-refractivity contribution < 1.29 is 14.3 Å². The van der Waals surface area contributed by atoms with E-state index in [0.29, 0.717) is 11.6 Å². The highest BCUT2D eigenvalue weighted by atomic mass is 16.5. The summed E-state index contributed by atoms with van der Waals surface area (Å²) in [5, 5.41) is 2.73. The molecule has 21 heavy (non-hydrogen) atoms. The lowest BCUT2D eigenvalue weighted by molar-refractivity contribution is -0.122. The molecule has 1 N–H and O–H groups in total. The van der Waals surface area contributed by atoms with Crippen molar-refractivity contribution in [2.45, 2.75) is 20.0 Å². The second-order valence-electron chi connectivity index (χ2n) is 4.59. The lowest BCUT2D eigenvalue weighted by Crippen LogP contribution is -2.30. The summed E-state index contributed by atoms with van der Waals surface area (Å²) in [7, 11) is 1.60. The van der Waals surface area contributed by atoms with Crippen molar-refractivity contribution in [2.75, 3.05) is 12.4 Å². The number of amides is 1. The Kier molecular flexibility index (Phi) is 4.77. The molecule has 5 nitrogen and oxygen atoms in total. The van der Waals surface area contributed by atoms with Gasteiger partial charge < -0.3 is 14.8 Å². The number of aryl methyl sites for hydroxylation is 1. The molecule has 2 rings (SSSR count). The zero-order chi connectivity index (χ0) is 15.2. The molecule has 1 amide bonds. The Balaban J connectivity index is 1.95. The molecule has 0 fully saturated rings. The van der Waals surface area contributed by atoms with Gasteiger partial charge in [-0.2, -0.15) is 0 Å². The van der Waals surface area contributed by atoms with E-state index in [0.717, 1.165) is 11.4 Å². The Labute approximate surface area is 123 Å². The molecular formula is C16H18N2O3. The number of nitrogens with zero attached hydrogens (tertiary/aromatic N) is 1. The monoisotopic (exact) mass is 286 g/mol. The highest BCUT2D eigenvalue weighted by molar-refractivity contribution is 5.93. The first kappa shape index (κ1) is 14.8. The summed E-state index contributed by atoms with van der Waals surface area (Å²) in [6, 6.07) is 12.5. The van der Waals surface area contributed by atoms with E-state index in [2.05, 4.69) is 10.3 Å². The van der Waals surface area contributed by atoms with Crippen LogP contribution >= 0.6 is 0 Å². The Bertz CT molecular complexity index is 611. The fourth-order valence-electron chi connectivity index (χ4n) is 1.75. The molecule has 0 bridgehead atoms. The normalized spacial score (nSPS) is 11.6. The zero-order valence-electron chi connectivity index (χ0n) is 12.3. The molecule has 1 heterocycles. The number of aromatic nitrogens is 1. The SMILES string of the molecule is COc1ccc(O[C@H](C)C(=O)Nc2cccc(C)n2)cc1. The predicted octanol–water partition coefficient (Wildman–Crippen LogP) is 2.80. The van der Waals surface area contributed by atoms with Crippen molar-refractivity contribution in [2.24, 2.45) is 0 Å². The highest BCUT2D eigenvalue weighted by Crippen LogP contribution is 2.18. The average Bonchev–Trinajstić information content (AvgIpc) is 2.48. The maximum Gasteiger partial charge on any atom is 0.266 e. The van der Waals surface area contributed by atoms with Crippen molar-refractivity contribution in [3.63, 3.8) is 0 Å². The van der Waals surface area contributed by atoms with Crippen LogP contribution in [0.1, 0.15) is 12.6 Å². The quantitative estimate of drug-likeness (QED) is 0.918. The van der Waals surface area contributed by atoms with Gasteiger partial charge in [0.15, 0.2) is 6.10 Å². The fourth-order valence-corrected chi connectivity index (χ4v) is 1.75. The molecule has 0 aliphatic rings. The Morgan fingerprint density at radius 3 is 2.43 bits per heavy atom. The van der Waals surface area contributed by atoms with Crippen molar-refractivity contribution in [1.82, 2.24) is 4.98 Å². The summed E-state index contributed by atoms with van der Waals surface area (Å²) in [6.45, 7) is 3.56. The number of pyridine rings is 1. The lowest BCUT2D eigenvalue weighted by Gasteiger charge is -2.14. The van der Waals surface area contributed by atoms with Gasteiger partial charge in [0.2, 0.25) is 0 Å². The molecule has 1 atom stereocenters. The lowest BCUT2D eigenvalue weighted by atomic mass is 10.3. The summed E-state index contributed by atoms with van der Waals surface area (Å²) in [5.74, 6) is 1.62. The van der Waals surface area contributed by atoms with Gasteiger partial charge in [0.25, 0.3) is 5.91 Å². The van der Waals surface area contributed by atoms with Crippen LogP contribution in [0.5, 0.6) is 11.5 Å². The number of hydrogen-bond donors (Lipinski definition) is 1. The average molecular weight is 286 g/mol. The Hall–Kier alpha value is -2.56. The van der Waals surface area contributed by atoms with Gasteiger partial charge in [-0.25, -0.2) is 4.98 Å². The molecule has 0 aliphatic carbocycles. The number of carbonyl (C=O) groups excluding carboxylic acids is 1. The molecular weight excluding hydrogens is 268 g/mol. The third-order valence-corrected chi connectivity index (χ3v) is 2.88. The van der Waals surface area contributed by atoms with Gasteiger partial charge in [0, 0.05) is 5.69 Å². The minimum Gasteiger partial charge on any atom is -0.497 e. The number of methoxy groups -OCH3 is 1. The number of ether oxygens (including phenoxy) is 2. The third kappa shape index (κ3) is 4.21. The molecule has 0 aliphatic heterocycles. The van der Waals surface area contributed by atoms with Crippen LogP contribution in [0.3, 0.4) is 0 Å². The molecule has 1 aromatic carbocycles. The number of nitrogens with one attached hydrogen (secondary N) is 1. The molecule has 0 saturated heterocycles. The third-order valence-electron chi connectivity index (χ3n) is 2.88. The van der Waals surface area contributed by atoms with Crippen LogP contribution in [-0.4, -0.2) is 24.1 Å². The Morgan fingerprint density at radius 2 is 1.81 bits per heavy atom. The van der Waals surface area contributed by atoms with Gasteiger partial charge in [-0.1, -0.05) is 6.07 Å². The van der Waals surface area contributed by atoms with Crippen LogP contribution in [0.25, 0.3) is 0 Å². The van der Waals surface area contributed by atoms with E-state index in [1.165, 1.54) is 0 Å². The van der Waals surface area contributed by atoms with E-state index in [9.17, 15) is 4.79 Å². The highest BCUT2D eigenvalue weighted by Gasteiger charge is 2.15. The largest absolute Gasteiger partial charge is 0.497 e. The molecule has 2 aromatic rings. The summed E-state index contributed by atoms with van der Waals surface area (Å²) in [5.41, 5.74) is 0.844. The topological polar surface area (TPSA) is 60.5 Å². The van der Waals surface area contributed by atoms with Crippen LogP contribution in [0.2, 0.25) is 0 Å². The van der Waals surface area contributed by atoms with E-state index in [1.807, 2.05) is 19.1 Å². The number of benzene rings is 1. The van der Waals surface area contributed by atoms with Gasteiger partial charge in [0.1, 0.15) is 17.3 Å². The minimum absolute atomic E-state index is 0.246. The van der Waals surface area contributed by atoms with Gasteiger partial charge in [-0.3, -0.25) is 4.79 Å². The summed E-state index contributed by atoms with van der Waals surface area (Å²) >= 11 is 0. The first-order chi connectivity index (χ1) is 10.1. The van der Waals surface area contributed by atoms with E-state index in [-0.39, 0.29) is 5.91 Å². The summed E-state index contributed by atoms with van der Waals surface area (Å²) < 4.78 is 10.7. The minimum atomic E-state index is -0.624. The van der Waals surface area contributed by atoms with E-state index in [1.54, 1.807) is 44.4 Å². The van der Waals surface area contributed by atoms with E-state index < -0.39 is 6.10 Å². The van der Waals surface area contributed by atoms with E-state index >= 15 is 0 Å². The number of carbonyl (C=O) groups is 1. The van der Waals surface area contributed by atoms with Crippen molar-refractivity contribution in [3.8, 4) is 11.5 Å². The van der Waals surface area contributed by atoms with Crippen LogP contribution in [0.15, 0.2) is 42.5 Å². The first-order valence-electron chi connectivity index (χ1n) is 6.63. The molecule has 110 valence electrons. The van der Waals surface area contributed by atoms with Gasteiger partial charge >= 0.3 is 0 Å².